The molecule has 0 aliphatic carbocycles. The van der Waals surface area contributed by atoms with Crippen LogP contribution < -0.4 is 0 Å². The van der Waals surface area contributed by atoms with Gasteiger partial charge in [-0.1, -0.05) is 12.1 Å². The first-order valence-corrected chi connectivity index (χ1v) is 6.10. The lowest BCUT2D eigenvalue weighted by Crippen LogP contribution is -2.01. The molecule has 6 heteroatoms. The molecule has 0 atom stereocenters. The van der Waals surface area contributed by atoms with Crippen molar-refractivity contribution in [3.8, 4) is 23.0 Å². The van der Waals surface area contributed by atoms with Crippen molar-refractivity contribution in [2.24, 2.45) is 0 Å². The highest BCUT2D eigenvalue weighted by Gasteiger charge is 2.20. The summed E-state index contributed by atoms with van der Waals surface area (Å²) in [4.78, 5) is 15.6. The van der Waals surface area contributed by atoms with Gasteiger partial charge in [0.05, 0.1) is 12.7 Å². The zero-order valence-electron chi connectivity index (χ0n) is 11.0. The number of hydrogen-bond donors (Lipinski definition) is 2. The first kappa shape index (κ1) is 13.0. The summed E-state index contributed by atoms with van der Waals surface area (Å²) >= 11 is 0. The average molecular weight is 285 g/mol. The van der Waals surface area contributed by atoms with Gasteiger partial charge in [0.25, 0.3) is 0 Å². The second-order valence-electron chi connectivity index (χ2n) is 4.37. The largest absolute Gasteiger partial charge is 0.507 e. The maximum absolute atomic E-state index is 11.4. The molecular weight excluding hydrogens is 274 g/mol. The number of nitrogens with zero attached hydrogens (tertiary/aromatic N) is 1. The molecule has 2 N–H and O–H groups in total. The molecule has 2 aromatic carbocycles. The number of methoxy groups -OCH3 is 1. The van der Waals surface area contributed by atoms with Crippen LogP contribution in [0.1, 0.15) is 10.4 Å². The third-order valence-corrected chi connectivity index (χ3v) is 3.03. The van der Waals surface area contributed by atoms with Gasteiger partial charge >= 0.3 is 5.97 Å². The van der Waals surface area contributed by atoms with Crippen molar-refractivity contribution in [3.05, 3.63) is 42.0 Å². The van der Waals surface area contributed by atoms with Gasteiger partial charge in [-0.15, -0.1) is 0 Å². The Labute approximate surface area is 119 Å². The number of hydrogen-bond acceptors (Lipinski definition) is 6. The molecule has 0 amide bonds. The lowest BCUT2D eigenvalue weighted by molar-refractivity contribution is 0.0600. The van der Waals surface area contributed by atoms with Gasteiger partial charge in [-0.05, 0) is 24.3 Å². The highest BCUT2D eigenvalue weighted by Crippen LogP contribution is 2.39. The number of carbonyl (C=O) groups excluding carboxylic acids is 1. The predicted molar refractivity (Wildman–Crippen MR) is 74.1 cm³/mol. The molecule has 0 fully saturated rings. The van der Waals surface area contributed by atoms with Gasteiger partial charge in [-0.3, -0.25) is 0 Å². The van der Waals surface area contributed by atoms with E-state index in [1.54, 1.807) is 24.3 Å². The number of esters is 1. The molecule has 106 valence electrons. The fourth-order valence-corrected chi connectivity index (χ4v) is 2.05. The number of para-hydroxylation sites is 2. The van der Waals surface area contributed by atoms with Gasteiger partial charge in [-0.2, -0.15) is 0 Å². The van der Waals surface area contributed by atoms with Crippen LogP contribution in [0.2, 0.25) is 0 Å². The summed E-state index contributed by atoms with van der Waals surface area (Å²) < 4.78 is 10.0. The molecule has 1 heterocycles. The summed E-state index contributed by atoms with van der Waals surface area (Å²) in [7, 11) is 1.21. The van der Waals surface area contributed by atoms with Crippen LogP contribution in [0.3, 0.4) is 0 Å². The quantitative estimate of drug-likeness (QED) is 0.703. The molecule has 1 aromatic heterocycles. The van der Waals surface area contributed by atoms with E-state index in [1.165, 1.54) is 19.2 Å². The number of phenols is 2. The Morgan fingerprint density at radius 2 is 1.86 bits per heavy atom. The van der Waals surface area contributed by atoms with Crippen LogP contribution in [0.15, 0.2) is 40.8 Å². The average Bonchev–Trinajstić information content (AvgIpc) is 2.88. The number of aromatic nitrogens is 1. The summed E-state index contributed by atoms with van der Waals surface area (Å²) in [6.45, 7) is 0. The van der Waals surface area contributed by atoms with Gasteiger partial charge in [-0.25, -0.2) is 9.78 Å². The van der Waals surface area contributed by atoms with Gasteiger partial charge in [0.2, 0.25) is 5.89 Å². The normalized spacial score (nSPS) is 10.7. The smallest absolute Gasteiger partial charge is 0.338 e. The molecule has 0 spiro atoms. The van der Waals surface area contributed by atoms with Crippen LogP contribution in [0, 0.1) is 0 Å². The zero-order chi connectivity index (χ0) is 15.0. The number of ether oxygens (including phenoxy) is 1. The standard InChI is InChI=1S/C15H11NO5/c1-20-15(19)8-6-10(17)13(11(18)7-8)14-16-9-4-2-3-5-12(9)21-14/h2-7,17-18H,1H3. The summed E-state index contributed by atoms with van der Waals surface area (Å²) in [5, 5.41) is 20.1. The lowest BCUT2D eigenvalue weighted by Gasteiger charge is -2.06. The van der Waals surface area contributed by atoms with Crippen molar-refractivity contribution >= 4 is 17.1 Å². The number of phenolic OH excluding ortho intramolecular Hbond substituents is 2. The summed E-state index contributed by atoms with van der Waals surface area (Å²) in [5.74, 6) is -1.23. The number of benzene rings is 2. The van der Waals surface area contributed by atoms with Gasteiger partial charge in [0, 0.05) is 0 Å². The zero-order valence-corrected chi connectivity index (χ0v) is 11.0. The topological polar surface area (TPSA) is 92.8 Å². The molecule has 0 radical (unpaired) electrons. The van der Waals surface area contributed by atoms with E-state index in [1.807, 2.05) is 0 Å². The summed E-state index contributed by atoms with van der Waals surface area (Å²) in [6.07, 6.45) is 0. The summed E-state index contributed by atoms with van der Waals surface area (Å²) in [6, 6.07) is 9.44. The minimum absolute atomic E-state index is 0.0267. The number of rotatable bonds is 2. The highest BCUT2D eigenvalue weighted by atomic mass is 16.5. The molecule has 0 saturated heterocycles. The van der Waals surface area contributed by atoms with Crippen molar-refractivity contribution in [1.29, 1.82) is 0 Å². The molecular formula is C15H11NO5. The van der Waals surface area contributed by atoms with E-state index in [2.05, 4.69) is 9.72 Å². The maximum atomic E-state index is 11.4. The molecule has 3 rings (SSSR count). The fraction of sp³-hybridized carbons (Fsp3) is 0.0667. The Kier molecular flexibility index (Phi) is 2.98. The first-order chi connectivity index (χ1) is 10.1. The van der Waals surface area contributed by atoms with E-state index in [0.29, 0.717) is 11.1 Å². The Balaban J connectivity index is 2.16. The number of fused-ring (bicyclic) bond motifs is 1. The molecule has 0 saturated carbocycles. The fourth-order valence-electron chi connectivity index (χ4n) is 2.05. The van der Waals surface area contributed by atoms with Crippen LogP contribution in [-0.2, 0) is 4.74 Å². The molecule has 6 nitrogen and oxygen atoms in total. The van der Waals surface area contributed by atoms with Crippen molar-refractivity contribution < 1.29 is 24.2 Å². The predicted octanol–water partition coefficient (Wildman–Crippen LogP) is 2.69. The van der Waals surface area contributed by atoms with Crippen molar-refractivity contribution in [1.82, 2.24) is 4.98 Å². The first-order valence-electron chi connectivity index (χ1n) is 6.10. The van der Waals surface area contributed by atoms with E-state index < -0.39 is 5.97 Å². The molecule has 0 aliphatic heterocycles. The molecule has 0 unspecified atom stereocenters. The minimum Gasteiger partial charge on any atom is -0.507 e. The van der Waals surface area contributed by atoms with Crippen LogP contribution in [0.5, 0.6) is 11.5 Å². The highest BCUT2D eigenvalue weighted by molar-refractivity contribution is 5.92. The third-order valence-electron chi connectivity index (χ3n) is 3.03. The van der Waals surface area contributed by atoms with Crippen molar-refractivity contribution in [3.63, 3.8) is 0 Å². The SMILES string of the molecule is COC(=O)c1cc(O)c(-c2nc3ccccc3o2)c(O)c1. The third kappa shape index (κ3) is 2.16. The Bertz CT molecular complexity index is 781. The number of aromatic hydroxyl groups is 2. The van der Waals surface area contributed by atoms with E-state index >= 15 is 0 Å². The van der Waals surface area contributed by atoms with E-state index in [0.717, 1.165) is 0 Å². The Morgan fingerprint density at radius 3 is 2.48 bits per heavy atom. The lowest BCUT2D eigenvalue weighted by atomic mass is 10.1. The van der Waals surface area contributed by atoms with Gasteiger partial charge in [0.1, 0.15) is 22.6 Å². The van der Waals surface area contributed by atoms with Crippen LogP contribution in [-0.4, -0.2) is 28.3 Å². The van der Waals surface area contributed by atoms with Crippen molar-refractivity contribution in [2.75, 3.05) is 7.11 Å². The second-order valence-corrected chi connectivity index (χ2v) is 4.37. The second kappa shape index (κ2) is 4.82. The molecule has 21 heavy (non-hydrogen) atoms. The van der Waals surface area contributed by atoms with Crippen LogP contribution in [0.4, 0.5) is 0 Å². The Morgan fingerprint density at radius 1 is 1.19 bits per heavy atom. The molecule has 0 aliphatic rings. The van der Waals surface area contributed by atoms with Gasteiger partial charge in [0.15, 0.2) is 5.58 Å². The monoisotopic (exact) mass is 285 g/mol. The van der Waals surface area contributed by atoms with E-state index in [4.69, 9.17) is 4.42 Å². The molecule has 0 bridgehead atoms. The summed E-state index contributed by atoms with van der Waals surface area (Å²) in [5.41, 5.74) is 1.19. The van der Waals surface area contributed by atoms with Crippen molar-refractivity contribution in [2.45, 2.75) is 0 Å². The maximum Gasteiger partial charge on any atom is 0.338 e. The Hall–Kier alpha value is -3.02. The van der Waals surface area contributed by atoms with Gasteiger partial charge < -0.3 is 19.4 Å². The number of carbonyl (C=O) groups is 1. The van der Waals surface area contributed by atoms with E-state index in [9.17, 15) is 15.0 Å². The minimum atomic E-state index is -0.662. The van der Waals surface area contributed by atoms with Crippen LogP contribution >= 0.6 is 0 Å². The van der Waals surface area contributed by atoms with E-state index in [-0.39, 0.29) is 28.5 Å². The van der Waals surface area contributed by atoms with Crippen LogP contribution in [0.25, 0.3) is 22.6 Å². The number of oxazole rings is 1. The molecule has 3 aromatic rings.